The molecule has 2 N–H and O–H groups in total. The van der Waals surface area contributed by atoms with E-state index in [2.05, 4.69) is 25.8 Å². The fourth-order valence-corrected chi connectivity index (χ4v) is 2.53. The van der Waals surface area contributed by atoms with Crippen molar-refractivity contribution in [1.82, 2.24) is 25.2 Å². The van der Waals surface area contributed by atoms with Crippen LogP contribution in [0.15, 0.2) is 47.6 Å². The summed E-state index contributed by atoms with van der Waals surface area (Å²) >= 11 is 5.80. The van der Waals surface area contributed by atoms with Crippen LogP contribution in [0.5, 0.6) is 0 Å². The average Bonchev–Trinajstić information content (AvgIpc) is 3.03. The first-order valence-electron chi connectivity index (χ1n) is 7.92. The molecule has 3 aromatic rings. The lowest BCUT2D eigenvalue weighted by Gasteiger charge is -2.10. The SMILES string of the molecule is CCNC(=NCc1ccc(F)c(Cl)c1)NCc1nnc2ccccn12. The Morgan fingerprint density at radius 1 is 1.24 bits per heavy atom. The first kappa shape index (κ1) is 17.2. The van der Waals surface area contributed by atoms with Gasteiger partial charge in [0, 0.05) is 12.7 Å². The van der Waals surface area contributed by atoms with Crippen LogP contribution in [0.1, 0.15) is 18.3 Å². The summed E-state index contributed by atoms with van der Waals surface area (Å²) in [5.41, 5.74) is 1.62. The Morgan fingerprint density at radius 3 is 2.92 bits per heavy atom. The smallest absolute Gasteiger partial charge is 0.191 e. The summed E-state index contributed by atoms with van der Waals surface area (Å²) in [6.07, 6.45) is 1.91. The van der Waals surface area contributed by atoms with Gasteiger partial charge in [0.15, 0.2) is 17.4 Å². The minimum atomic E-state index is -0.432. The molecule has 0 amide bonds. The van der Waals surface area contributed by atoms with Crippen molar-refractivity contribution in [1.29, 1.82) is 0 Å². The van der Waals surface area contributed by atoms with Gasteiger partial charge in [-0.15, -0.1) is 10.2 Å². The fourth-order valence-electron chi connectivity index (χ4n) is 2.32. The molecule has 1 aromatic carbocycles. The molecule has 25 heavy (non-hydrogen) atoms. The molecule has 0 saturated heterocycles. The van der Waals surface area contributed by atoms with E-state index in [1.54, 1.807) is 12.1 Å². The van der Waals surface area contributed by atoms with Gasteiger partial charge in [0.1, 0.15) is 5.82 Å². The zero-order chi connectivity index (χ0) is 17.6. The summed E-state index contributed by atoms with van der Waals surface area (Å²) in [5.74, 6) is 0.986. The highest BCUT2D eigenvalue weighted by Gasteiger charge is 2.06. The lowest BCUT2D eigenvalue weighted by molar-refractivity contribution is 0.627. The van der Waals surface area contributed by atoms with E-state index < -0.39 is 5.82 Å². The number of halogens is 2. The number of nitrogens with one attached hydrogen (secondary N) is 2. The molecule has 0 aliphatic carbocycles. The van der Waals surface area contributed by atoms with Crippen LogP contribution in [-0.2, 0) is 13.1 Å². The van der Waals surface area contributed by atoms with Crippen molar-refractivity contribution in [3.05, 3.63) is 64.8 Å². The van der Waals surface area contributed by atoms with Gasteiger partial charge < -0.3 is 10.6 Å². The van der Waals surface area contributed by atoms with Crippen LogP contribution >= 0.6 is 11.6 Å². The molecular formula is C17H18ClFN6. The van der Waals surface area contributed by atoms with Gasteiger partial charge in [0.05, 0.1) is 18.1 Å². The van der Waals surface area contributed by atoms with E-state index in [9.17, 15) is 4.39 Å². The molecule has 0 aliphatic heterocycles. The first-order chi connectivity index (χ1) is 12.2. The fraction of sp³-hybridized carbons (Fsp3) is 0.235. The van der Waals surface area contributed by atoms with E-state index in [0.29, 0.717) is 19.0 Å². The summed E-state index contributed by atoms with van der Waals surface area (Å²) in [6, 6.07) is 10.3. The molecule has 3 rings (SSSR count). The van der Waals surface area contributed by atoms with Crippen molar-refractivity contribution in [2.24, 2.45) is 4.99 Å². The number of aromatic nitrogens is 3. The second-order valence-electron chi connectivity index (χ2n) is 5.34. The van der Waals surface area contributed by atoms with Crippen LogP contribution in [0.2, 0.25) is 5.02 Å². The topological polar surface area (TPSA) is 66.6 Å². The number of guanidine groups is 1. The zero-order valence-corrected chi connectivity index (χ0v) is 14.5. The van der Waals surface area contributed by atoms with Gasteiger partial charge in [0.2, 0.25) is 0 Å². The molecule has 0 saturated carbocycles. The number of rotatable bonds is 5. The summed E-state index contributed by atoms with van der Waals surface area (Å²) < 4.78 is 15.1. The third-order valence-electron chi connectivity index (χ3n) is 3.55. The molecule has 0 radical (unpaired) electrons. The highest BCUT2D eigenvalue weighted by atomic mass is 35.5. The Bertz CT molecular complexity index is 892. The van der Waals surface area contributed by atoms with Gasteiger partial charge >= 0.3 is 0 Å². The third kappa shape index (κ3) is 4.24. The number of aliphatic imine (C=N–C) groups is 1. The predicted molar refractivity (Wildman–Crippen MR) is 96.1 cm³/mol. The van der Waals surface area contributed by atoms with Crippen LogP contribution in [0.25, 0.3) is 5.65 Å². The predicted octanol–water partition coefficient (Wildman–Crippen LogP) is 2.78. The van der Waals surface area contributed by atoms with Gasteiger partial charge in [-0.3, -0.25) is 4.40 Å². The Morgan fingerprint density at radius 2 is 2.12 bits per heavy atom. The van der Waals surface area contributed by atoms with Crippen LogP contribution < -0.4 is 10.6 Å². The van der Waals surface area contributed by atoms with Crippen LogP contribution in [0.4, 0.5) is 4.39 Å². The summed E-state index contributed by atoms with van der Waals surface area (Å²) in [6.45, 7) is 3.56. The molecule has 2 heterocycles. The minimum absolute atomic E-state index is 0.0978. The number of hydrogen-bond acceptors (Lipinski definition) is 3. The third-order valence-corrected chi connectivity index (χ3v) is 3.84. The highest BCUT2D eigenvalue weighted by Crippen LogP contribution is 2.16. The molecule has 8 heteroatoms. The lowest BCUT2D eigenvalue weighted by Crippen LogP contribution is -2.37. The largest absolute Gasteiger partial charge is 0.357 e. The second kappa shape index (κ2) is 7.94. The Labute approximate surface area is 149 Å². The van der Waals surface area contributed by atoms with Crippen molar-refractivity contribution in [2.75, 3.05) is 6.54 Å². The first-order valence-corrected chi connectivity index (χ1v) is 8.30. The lowest BCUT2D eigenvalue weighted by atomic mass is 10.2. The van der Waals surface area contributed by atoms with Gasteiger partial charge in [-0.05, 0) is 36.8 Å². The second-order valence-corrected chi connectivity index (χ2v) is 5.75. The molecule has 0 atom stereocenters. The van der Waals surface area contributed by atoms with Crippen LogP contribution in [0.3, 0.4) is 0 Å². The number of fused-ring (bicyclic) bond motifs is 1. The molecule has 0 aliphatic rings. The highest BCUT2D eigenvalue weighted by molar-refractivity contribution is 6.30. The van der Waals surface area contributed by atoms with Crippen molar-refractivity contribution >= 4 is 23.2 Å². The summed E-state index contributed by atoms with van der Waals surface area (Å²) in [4.78, 5) is 4.49. The minimum Gasteiger partial charge on any atom is -0.357 e. The van der Waals surface area contributed by atoms with E-state index in [-0.39, 0.29) is 5.02 Å². The zero-order valence-electron chi connectivity index (χ0n) is 13.7. The van der Waals surface area contributed by atoms with E-state index in [4.69, 9.17) is 11.6 Å². The molecular weight excluding hydrogens is 343 g/mol. The van der Waals surface area contributed by atoms with Crippen LogP contribution in [0, 0.1) is 5.82 Å². The number of nitrogens with zero attached hydrogens (tertiary/aromatic N) is 4. The van der Waals surface area contributed by atoms with Gasteiger partial charge in [-0.25, -0.2) is 9.38 Å². The molecule has 2 aromatic heterocycles. The number of benzene rings is 1. The monoisotopic (exact) mass is 360 g/mol. The van der Waals surface area contributed by atoms with E-state index >= 15 is 0 Å². The van der Waals surface area contributed by atoms with E-state index in [0.717, 1.165) is 23.6 Å². The van der Waals surface area contributed by atoms with Crippen LogP contribution in [-0.4, -0.2) is 27.1 Å². The van der Waals surface area contributed by atoms with Crippen molar-refractivity contribution < 1.29 is 4.39 Å². The maximum absolute atomic E-state index is 13.2. The molecule has 0 spiro atoms. The standard InChI is InChI=1S/C17H18ClFN6/c1-2-20-17(21-10-12-6-7-14(19)13(18)9-12)22-11-16-24-23-15-5-3-4-8-25(15)16/h3-9H,2,10-11H2,1H3,(H2,20,21,22). The maximum atomic E-state index is 13.2. The van der Waals surface area contributed by atoms with Crippen molar-refractivity contribution in [3.8, 4) is 0 Å². The quantitative estimate of drug-likeness (QED) is 0.542. The van der Waals surface area contributed by atoms with E-state index in [1.807, 2.05) is 35.7 Å². The summed E-state index contributed by atoms with van der Waals surface area (Å²) in [7, 11) is 0. The molecule has 6 nitrogen and oxygen atoms in total. The normalized spacial score (nSPS) is 11.7. The molecule has 0 bridgehead atoms. The van der Waals surface area contributed by atoms with Gasteiger partial charge in [-0.1, -0.05) is 23.7 Å². The van der Waals surface area contributed by atoms with Gasteiger partial charge in [0.25, 0.3) is 0 Å². The Hall–Kier alpha value is -2.67. The Kier molecular flexibility index (Phi) is 5.45. The maximum Gasteiger partial charge on any atom is 0.191 e. The van der Waals surface area contributed by atoms with E-state index in [1.165, 1.54) is 6.07 Å². The molecule has 130 valence electrons. The molecule has 0 fully saturated rings. The van der Waals surface area contributed by atoms with Gasteiger partial charge in [-0.2, -0.15) is 0 Å². The summed E-state index contributed by atoms with van der Waals surface area (Å²) in [5, 5.41) is 14.8. The number of hydrogen-bond donors (Lipinski definition) is 2. The molecule has 0 unspecified atom stereocenters. The average molecular weight is 361 g/mol. The Balaban J connectivity index is 1.69. The van der Waals surface area contributed by atoms with Crippen molar-refractivity contribution in [2.45, 2.75) is 20.0 Å². The van der Waals surface area contributed by atoms with Crippen molar-refractivity contribution in [3.63, 3.8) is 0 Å². The number of pyridine rings is 1.